The van der Waals surface area contributed by atoms with Crippen LogP contribution in [0.15, 0.2) is 182 Å². The fraction of sp³-hybridized carbons (Fsp3) is 0. The molecule has 6 rings (SSSR count). The summed E-state index contributed by atoms with van der Waals surface area (Å²) in [4.78, 5) is 0. The van der Waals surface area contributed by atoms with E-state index in [1.54, 1.807) is 20.0 Å². The Morgan fingerprint density at radius 2 is 0.375 bits per heavy atom. The van der Waals surface area contributed by atoms with Crippen LogP contribution in [0.5, 0.6) is 0 Å². The molecule has 40 heavy (non-hydrogen) atoms. The van der Waals surface area contributed by atoms with Gasteiger partial charge in [-0.1, -0.05) is 109 Å². The summed E-state index contributed by atoms with van der Waals surface area (Å²) in [6, 6.07) is 65.0. The second-order valence-corrected chi connectivity index (χ2v) is 13.9. The Bertz CT molecular complexity index is 1180. The SMILES string of the molecule is [Cl][Au].c1ccc([PH+](c2ccccc2)c2ccccc2)cc1.c1ccc([PH+](c2ccccc2)c2ccccc2)cc1. The summed E-state index contributed by atoms with van der Waals surface area (Å²) in [7, 11) is 2.83. The van der Waals surface area contributed by atoms with Gasteiger partial charge in [0.05, 0.1) is 15.8 Å². The van der Waals surface area contributed by atoms with E-state index in [1.165, 1.54) is 31.8 Å². The molecule has 0 amide bonds. The second-order valence-electron chi connectivity index (χ2n) is 8.95. The Morgan fingerprint density at radius 3 is 0.500 bits per heavy atom. The van der Waals surface area contributed by atoms with E-state index in [4.69, 9.17) is 0 Å². The predicted molar refractivity (Wildman–Crippen MR) is 179 cm³/mol. The minimum Gasteiger partial charge on any atom is -0.0620 e. The molecule has 0 spiro atoms. The molecule has 0 radical (unpaired) electrons. The Labute approximate surface area is 257 Å². The van der Waals surface area contributed by atoms with E-state index < -0.39 is 15.8 Å². The van der Waals surface area contributed by atoms with Gasteiger partial charge in [-0.25, -0.2) is 0 Å². The van der Waals surface area contributed by atoms with Gasteiger partial charge >= 0.3 is 29.2 Å². The quantitative estimate of drug-likeness (QED) is 0.126. The molecule has 4 heteroatoms. The van der Waals surface area contributed by atoms with Crippen molar-refractivity contribution in [1.82, 2.24) is 0 Å². The van der Waals surface area contributed by atoms with E-state index in [0.717, 1.165) is 0 Å². The monoisotopic (exact) mass is 758 g/mol. The maximum absolute atomic E-state index is 4.58. The average Bonchev–Trinajstić information content (AvgIpc) is 3.06. The van der Waals surface area contributed by atoms with E-state index >= 15 is 0 Å². The minimum absolute atomic E-state index is 0.877. The molecular weight excluding hydrogens is 727 g/mol. The molecule has 0 N–H and O–H groups in total. The molecule has 0 unspecified atom stereocenters. The van der Waals surface area contributed by atoms with Crippen molar-refractivity contribution in [3.63, 3.8) is 0 Å². The average molecular weight is 759 g/mol. The van der Waals surface area contributed by atoms with Gasteiger partial charge in [-0.3, -0.25) is 0 Å². The van der Waals surface area contributed by atoms with Gasteiger partial charge in [0.15, 0.2) is 0 Å². The first kappa shape index (κ1) is 30.2. The summed E-state index contributed by atoms with van der Waals surface area (Å²) in [6.07, 6.45) is 0. The molecule has 0 aliphatic heterocycles. The van der Waals surface area contributed by atoms with Gasteiger partial charge in [-0.15, -0.1) is 0 Å². The Balaban J connectivity index is 0.000000174. The number of benzene rings is 6. The zero-order chi connectivity index (χ0) is 27.8. The molecule has 0 aliphatic carbocycles. The van der Waals surface area contributed by atoms with Crippen LogP contribution in [0.25, 0.3) is 0 Å². The molecule has 0 fully saturated rings. The molecule has 202 valence electrons. The molecule has 0 atom stereocenters. The third-order valence-corrected chi connectivity index (χ3v) is 11.8. The first-order valence-electron chi connectivity index (χ1n) is 13.1. The van der Waals surface area contributed by atoms with E-state index in [-0.39, 0.29) is 0 Å². The van der Waals surface area contributed by atoms with Crippen LogP contribution >= 0.6 is 25.0 Å². The maximum atomic E-state index is 4.58. The van der Waals surface area contributed by atoms with Crippen LogP contribution in [0.1, 0.15) is 0 Å². The number of rotatable bonds is 6. The summed E-state index contributed by atoms with van der Waals surface area (Å²) in [6.45, 7) is 0. The van der Waals surface area contributed by atoms with Crippen molar-refractivity contribution in [1.29, 1.82) is 0 Å². The molecule has 0 bridgehead atoms. The van der Waals surface area contributed by atoms with E-state index in [0.29, 0.717) is 0 Å². The third kappa shape index (κ3) is 8.60. The van der Waals surface area contributed by atoms with E-state index in [2.05, 4.69) is 191 Å². The largest absolute Gasteiger partial charge is 0.102 e. The molecular formula is C36H32AuClP2+2. The van der Waals surface area contributed by atoms with Crippen LogP contribution in [0.3, 0.4) is 0 Å². The maximum Gasteiger partial charge on any atom is 0.102 e. The second kappa shape index (κ2) is 17.1. The fourth-order valence-electron chi connectivity index (χ4n) is 4.63. The van der Waals surface area contributed by atoms with E-state index in [1.807, 2.05) is 0 Å². The first-order valence-corrected chi connectivity index (χ1v) is 18.8. The zero-order valence-electron chi connectivity index (χ0n) is 22.0. The van der Waals surface area contributed by atoms with Gasteiger partial charge < -0.3 is 0 Å². The molecule has 0 nitrogen and oxygen atoms in total. The van der Waals surface area contributed by atoms with Gasteiger partial charge in [0.25, 0.3) is 0 Å². The smallest absolute Gasteiger partial charge is 0.0620 e. The Hall–Kier alpha value is -2.79. The summed E-state index contributed by atoms with van der Waals surface area (Å²) < 4.78 is 0. The summed E-state index contributed by atoms with van der Waals surface area (Å²) in [5.74, 6) is 0. The normalized spacial score (nSPS) is 10.2. The van der Waals surface area contributed by atoms with Gasteiger partial charge in [0.1, 0.15) is 31.8 Å². The minimum atomic E-state index is -0.877. The molecule has 0 heterocycles. The summed E-state index contributed by atoms with van der Waals surface area (Å²) in [5, 5.41) is 8.61. The molecule has 0 saturated heterocycles. The van der Waals surface area contributed by atoms with Gasteiger partial charge in [-0.05, 0) is 72.8 Å². The van der Waals surface area contributed by atoms with Crippen LogP contribution in [-0.2, 0) is 20.0 Å². The topological polar surface area (TPSA) is 0 Å². The number of hydrogen-bond acceptors (Lipinski definition) is 0. The van der Waals surface area contributed by atoms with Crippen molar-refractivity contribution in [3.8, 4) is 0 Å². The van der Waals surface area contributed by atoms with E-state index in [9.17, 15) is 0 Å². The van der Waals surface area contributed by atoms with Crippen LogP contribution in [0, 0.1) is 0 Å². The van der Waals surface area contributed by atoms with Gasteiger partial charge in [0, 0.05) is 0 Å². The Kier molecular flexibility index (Phi) is 12.9. The van der Waals surface area contributed by atoms with Crippen molar-refractivity contribution in [3.05, 3.63) is 182 Å². The van der Waals surface area contributed by atoms with Crippen molar-refractivity contribution in [2.45, 2.75) is 0 Å². The zero-order valence-corrected chi connectivity index (χ0v) is 26.9. The fourth-order valence-corrected chi connectivity index (χ4v) is 9.78. The van der Waals surface area contributed by atoms with Crippen LogP contribution in [-0.4, -0.2) is 0 Å². The standard InChI is InChI=1S/2C18H15P.Au.ClH/c2*1-4-10-16(11-5-1)19(17-12-6-2-7-13-17)18-14-8-3-9-15-18;;/h2*1-15H;;1H/q;;+1;/p+1. The van der Waals surface area contributed by atoms with Crippen LogP contribution < -0.4 is 31.8 Å². The third-order valence-electron chi connectivity index (χ3n) is 6.37. The van der Waals surface area contributed by atoms with Crippen molar-refractivity contribution in [2.75, 3.05) is 0 Å². The first-order chi connectivity index (χ1) is 19.9. The van der Waals surface area contributed by atoms with Crippen LogP contribution in [0.4, 0.5) is 0 Å². The van der Waals surface area contributed by atoms with Gasteiger partial charge in [0.2, 0.25) is 0 Å². The number of halogens is 1. The predicted octanol–water partition coefficient (Wildman–Crippen LogP) is 7.04. The molecule has 0 aliphatic rings. The summed E-state index contributed by atoms with van der Waals surface area (Å²) >= 11 is 1.75. The van der Waals surface area contributed by atoms with Crippen LogP contribution in [0.2, 0.25) is 0 Å². The molecule has 0 saturated carbocycles. The van der Waals surface area contributed by atoms with Gasteiger partial charge in [-0.2, -0.15) is 0 Å². The summed E-state index contributed by atoms with van der Waals surface area (Å²) in [5.41, 5.74) is 0. The Morgan fingerprint density at radius 1 is 0.250 bits per heavy atom. The van der Waals surface area contributed by atoms with Crippen molar-refractivity contribution >= 4 is 56.9 Å². The molecule has 0 aromatic heterocycles. The number of hydrogen-bond donors (Lipinski definition) is 0. The molecule has 6 aromatic carbocycles. The van der Waals surface area contributed by atoms with Crippen molar-refractivity contribution < 1.29 is 20.0 Å². The molecule has 6 aromatic rings. The van der Waals surface area contributed by atoms with Crippen molar-refractivity contribution in [2.24, 2.45) is 0 Å².